The van der Waals surface area contributed by atoms with Crippen molar-refractivity contribution in [3.05, 3.63) is 29.3 Å². The third-order valence-corrected chi connectivity index (χ3v) is 4.85. The van der Waals surface area contributed by atoms with Crippen LogP contribution in [-0.2, 0) is 4.79 Å². The van der Waals surface area contributed by atoms with E-state index < -0.39 is 0 Å². The lowest BCUT2D eigenvalue weighted by atomic mass is 9.86. The summed E-state index contributed by atoms with van der Waals surface area (Å²) in [5.41, 5.74) is 3.02. The van der Waals surface area contributed by atoms with E-state index >= 15 is 0 Å². The van der Waals surface area contributed by atoms with Gasteiger partial charge in [0.1, 0.15) is 0 Å². The number of aryl methyl sites for hydroxylation is 2. The minimum Gasteiger partial charge on any atom is -0.360 e. The highest BCUT2D eigenvalue weighted by Crippen LogP contribution is 2.23. The van der Waals surface area contributed by atoms with E-state index in [-0.39, 0.29) is 12.5 Å². The Hall–Kier alpha value is -1.62. The molecule has 1 amide bonds. The second-order valence-electron chi connectivity index (χ2n) is 6.51. The number of amides is 1. The van der Waals surface area contributed by atoms with Crippen LogP contribution in [0.15, 0.2) is 18.2 Å². The van der Waals surface area contributed by atoms with Crippen LogP contribution in [0.4, 0.5) is 5.69 Å². The van der Waals surface area contributed by atoms with Gasteiger partial charge in [-0.05, 0) is 56.0 Å². The molecule has 2 rings (SSSR count). The molecule has 0 radical (unpaired) electrons. The monoisotopic (exact) mass is 333 g/mol. The molecule has 0 aliphatic heterocycles. The molecule has 1 aliphatic carbocycles. The van der Waals surface area contributed by atoms with Gasteiger partial charge in [0.05, 0.1) is 6.54 Å². The van der Waals surface area contributed by atoms with Gasteiger partial charge in [0.15, 0.2) is 5.11 Å². The minimum atomic E-state index is -0.0803. The lowest BCUT2D eigenvalue weighted by Gasteiger charge is -2.30. The summed E-state index contributed by atoms with van der Waals surface area (Å²) in [7, 11) is 0. The molecular weight excluding hydrogens is 306 g/mol. The maximum Gasteiger partial charge on any atom is 0.243 e. The van der Waals surface area contributed by atoms with E-state index in [2.05, 4.69) is 22.9 Å². The Morgan fingerprint density at radius 3 is 2.52 bits per heavy atom. The molecule has 0 spiro atoms. The van der Waals surface area contributed by atoms with Crippen LogP contribution in [0.25, 0.3) is 0 Å². The van der Waals surface area contributed by atoms with Crippen LogP contribution in [0, 0.1) is 19.8 Å². The molecule has 1 aromatic carbocycles. The Kier molecular flexibility index (Phi) is 6.39. The zero-order valence-corrected chi connectivity index (χ0v) is 15.1. The Balaban J connectivity index is 1.78. The quantitative estimate of drug-likeness (QED) is 0.740. The summed E-state index contributed by atoms with van der Waals surface area (Å²) in [6.07, 6.45) is 4.94. The van der Waals surface area contributed by atoms with Crippen molar-refractivity contribution >= 4 is 28.9 Å². The number of rotatable bonds is 4. The Morgan fingerprint density at radius 2 is 1.87 bits per heavy atom. The fourth-order valence-electron chi connectivity index (χ4n) is 3.11. The van der Waals surface area contributed by atoms with Gasteiger partial charge in [-0.1, -0.05) is 38.0 Å². The maximum absolute atomic E-state index is 12.1. The zero-order chi connectivity index (χ0) is 16.8. The molecular formula is C18H27N3OS. The van der Waals surface area contributed by atoms with Crippen molar-refractivity contribution < 1.29 is 4.79 Å². The van der Waals surface area contributed by atoms with Gasteiger partial charge >= 0.3 is 0 Å². The van der Waals surface area contributed by atoms with E-state index in [9.17, 15) is 4.79 Å². The summed E-state index contributed by atoms with van der Waals surface area (Å²) >= 11 is 5.32. The average molecular weight is 334 g/mol. The van der Waals surface area contributed by atoms with Gasteiger partial charge in [-0.15, -0.1) is 0 Å². The predicted octanol–water partition coefficient (Wildman–Crippen LogP) is 3.28. The molecule has 1 saturated carbocycles. The number of thiocarbonyl (C=S) groups is 1. The number of benzene rings is 1. The summed E-state index contributed by atoms with van der Waals surface area (Å²) in [5, 5.41) is 9.90. The first kappa shape index (κ1) is 17.7. The summed E-state index contributed by atoms with van der Waals surface area (Å²) in [6, 6.07) is 6.40. The molecule has 1 aliphatic rings. The van der Waals surface area contributed by atoms with Crippen LogP contribution in [0.2, 0.25) is 0 Å². The van der Waals surface area contributed by atoms with E-state index in [0.29, 0.717) is 17.1 Å². The minimum absolute atomic E-state index is 0.0803. The molecule has 0 unspecified atom stereocenters. The number of para-hydroxylation sites is 1. The maximum atomic E-state index is 12.1. The third kappa shape index (κ3) is 5.20. The highest BCUT2D eigenvalue weighted by atomic mass is 32.1. The topological polar surface area (TPSA) is 53.2 Å². The molecule has 2 atom stereocenters. The van der Waals surface area contributed by atoms with Crippen molar-refractivity contribution in [1.82, 2.24) is 10.6 Å². The second-order valence-corrected chi connectivity index (χ2v) is 6.92. The molecule has 0 heterocycles. The van der Waals surface area contributed by atoms with Gasteiger partial charge in [0, 0.05) is 11.7 Å². The lowest BCUT2D eigenvalue weighted by Crippen LogP contribution is -2.47. The number of hydrogen-bond donors (Lipinski definition) is 3. The van der Waals surface area contributed by atoms with Gasteiger partial charge in [0.2, 0.25) is 5.91 Å². The number of carbonyl (C=O) groups is 1. The standard InChI is InChI=1S/C18H27N3OS/c1-12-7-4-5-10-15(12)20-18(23)19-11-16(22)21-17-13(2)8-6-9-14(17)3/h6,8-9,12,15H,4-5,7,10-11H2,1-3H3,(H,21,22)(H2,19,20,23)/t12-,15+/m1/s1. The molecule has 0 saturated heterocycles. The normalized spacial score (nSPS) is 20.7. The van der Waals surface area contributed by atoms with Crippen molar-refractivity contribution in [3.8, 4) is 0 Å². The van der Waals surface area contributed by atoms with Crippen LogP contribution >= 0.6 is 12.2 Å². The predicted molar refractivity (Wildman–Crippen MR) is 99.7 cm³/mol. The zero-order valence-electron chi connectivity index (χ0n) is 14.2. The average Bonchev–Trinajstić information content (AvgIpc) is 2.51. The van der Waals surface area contributed by atoms with E-state index in [1.807, 2.05) is 32.0 Å². The number of nitrogens with one attached hydrogen (secondary N) is 3. The molecule has 126 valence electrons. The van der Waals surface area contributed by atoms with Crippen molar-refractivity contribution in [3.63, 3.8) is 0 Å². The summed E-state index contributed by atoms with van der Waals surface area (Å²) in [5.74, 6) is 0.551. The molecule has 0 aromatic heterocycles. The number of carbonyl (C=O) groups excluding carboxylic acids is 1. The molecule has 23 heavy (non-hydrogen) atoms. The van der Waals surface area contributed by atoms with Gasteiger partial charge in [-0.2, -0.15) is 0 Å². The lowest BCUT2D eigenvalue weighted by molar-refractivity contribution is -0.115. The first-order chi connectivity index (χ1) is 11.0. The van der Waals surface area contributed by atoms with E-state index in [4.69, 9.17) is 12.2 Å². The Bertz CT molecular complexity index is 553. The van der Waals surface area contributed by atoms with Crippen LogP contribution in [-0.4, -0.2) is 23.6 Å². The molecule has 5 heteroatoms. The van der Waals surface area contributed by atoms with Crippen molar-refractivity contribution in [2.75, 3.05) is 11.9 Å². The van der Waals surface area contributed by atoms with Crippen LogP contribution in [0.3, 0.4) is 0 Å². The molecule has 0 bridgehead atoms. The highest BCUT2D eigenvalue weighted by Gasteiger charge is 2.21. The van der Waals surface area contributed by atoms with E-state index in [0.717, 1.165) is 23.2 Å². The van der Waals surface area contributed by atoms with Crippen molar-refractivity contribution in [2.24, 2.45) is 5.92 Å². The van der Waals surface area contributed by atoms with Gasteiger partial charge in [-0.25, -0.2) is 0 Å². The highest BCUT2D eigenvalue weighted by molar-refractivity contribution is 7.80. The van der Waals surface area contributed by atoms with Crippen molar-refractivity contribution in [1.29, 1.82) is 0 Å². The fourth-order valence-corrected chi connectivity index (χ4v) is 3.33. The molecule has 4 nitrogen and oxygen atoms in total. The van der Waals surface area contributed by atoms with E-state index in [1.165, 1.54) is 19.3 Å². The van der Waals surface area contributed by atoms with Crippen LogP contribution < -0.4 is 16.0 Å². The first-order valence-electron chi connectivity index (χ1n) is 8.38. The number of hydrogen-bond acceptors (Lipinski definition) is 2. The largest absolute Gasteiger partial charge is 0.360 e. The first-order valence-corrected chi connectivity index (χ1v) is 8.78. The second kappa shape index (κ2) is 8.29. The Morgan fingerprint density at radius 1 is 1.22 bits per heavy atom. The summed E-state index contributed by atoms with van der Waals surface area (Å²) in [4.78, 5) is 12.1. The SMILES string of the molecule is Cc1cccc(C)c1NC(=O)CNC(=S)N[C@H]1CCCC[C@H]1C. The fraction of sp³-hybridized carbons (Fsp3) is 0.556. The smallest absolute Gasteiger partial charge is 0.243 e. The van der Waals surface area contributed by atoms with E-state index in [1.54, 1.807) is 0 Å². The van der Waals surface area contributed by atoms with Crippen LogP contribution in [0.1, 0.15) is 43.7 Å². The molecule has 1 aromatic rings. The van der Waals surface area contributed by atoms with Gasteiger partial charge in [-0.3, -0.25) is 4.79 Å². The van der Waals surface area contributed by atoms with Gasteiger partial charge < -0.3 is 16.0 Å². The van der Waals surface area contributed by atoms with Gasteiger partial charge in [0.25, 0.3) is 0 Å². The number of anilines is 1. The molecule has 1 fully saturated rings. The Labute approximate surface area is 144 Å². The molecule has 3 N–H and O–H groups in total. The third-order valence-electron chi connectivity index (χ3n) is 4.58. The summed E-state index contributed by atoms with van der Waals surface area (Å²) < 4.78 is 0. The van der Waals surface area contributed by atoms with Crippen molar-refractivity contribution in [2.45, 2.75) is 52.5 Å². The van der Waals surface area contributed by atoms with Crippen LogP contribution in [0.5, 0.6) is 0 Å². The summed E-state index contributed by atoms with van der Waals surface area (Å²) in [6.45, 7) is 6.42.